The third kappa shape index (κ3) is 2.35. The van der Waals surface area contributed by atoms with E-state index < -0.39 is 6.10 Å². The maximum Gasteiger partial charge on any atom is 0.106 e. The summed E-state index contributed by atoms with van der Waals surface area (Å²) in [6, 6.07) is 8.69. The standard InChI is InChI=1S/C12H9Cl2NO/c13-9-3-1-8(2-4-9)12(16)10-5-6-15-7-11(10)14/h1-7,12,16H. The van der Waals surface area contributed by atoms with E-state index in [0.29, 0.717) is 15.6 Å². The average molecular weight is 254 g/mol. The summed E-state index contributed by atoms with van der Waals surface area (Å²) >= 11 is 11.7. The van der Waals surface area contributed by atoms with Gasteiger partial charge in [0.1, 0.15) is 6.10 Å². The van der Waals surface area contributed by atoms with E-state index in [0.717, 1.165) is 5.56 Å². The second-order valence-corrected chi connectivity index (χ2v) is 4.19. The zero-order valence-electron chi connectivity index (χ0n) is 8.27. The van der Waals surface area contributed by atoms with Crippen LogP contribution in [0.4, 0.5) is 0 Å². The van der Waals surface area contributed by atoms with Gasteiger partial charge in [0.25, 0.3) is 0 Å². The monoisotopic (exact) mass is 253 g/mol. The summed E-state index contributed by atoms with van der Waals surface area (Å²) in [5, 5.41) is 11.2. The number of benzene rings is 1. The Kier molecular flexibility index (Phi) is 3.44. The van der Waals surface area contributed by atoms with Gasteiger partial charge in [-0.05, 0) is 23.8 Å². The molecule has 0 fully saturated rings. The normalized spacial score (nSPS) is 12.4. The van der Waals surface area contributed by atoms with Crippen molar-refractivity contribution in [1.82, 2.24) is 4.98 Å². The highest BCUT2D eigenvalue weighted by atomic mass is 35.5. The first-order chi connectivity index (χ1) is 7.68. The molecule has 0 saturated heterocycles. The third-order valence-corrected chi connectivity index (χ3v) is 2.85. The van der Waals surface area contributed by atoms with Crippen molar-refractivity contribution in [2.24, 2.45) is 0 Å². The van der Waals surface area contributed by atoms with Crippen LogP contribution in [0.3, 0.4) is 0 Å². The van der Waals surface area contributed by atoms with Crippen molar-refractivity contribution in [1.29, 1.82) is 0 Å². The third-order valence-electron chi connectivity index (χ3n) is 2.28. The first-order valence-electron chi connectivity index (χ1n) is 4.71. The van der Waals surface area contributed by atoms with Gasteiger partial charge in [-0.15, -0.1) is 0 Å². The quantitative estimate of drug-likeness (QED) is 0.890. The fourth-order valence-electron chi connectivity index (χ4n) is 1.43. The Morgan fingerprint density at radius 2 is 1.75 bits per heavy atom. The van der Waals surface area contributed by atoms with Crippen LogP contribution in [0.15, 0.2) is 42.7 Å². The zero-order chi connectivity index (χ0) is 11.5. The van der Waals surface area contributed by atoms with E-state index in [1.165, 1.54) is 6.20 Å². The van der Waals surface area contributed by atoms with Crippen LogP contribution in [-0.2, 0) is 0 Å². The zero-order valence-corrected chi connectivity index (χ0v) is 9.78. The van der Waals surface area contributed by atoms with Gasteiger partial charge in [0.05, 0.1) is 5.02 Å². The van der Waals surface area contributed by atoms with Gasteiger partial charge >= 0.3 is 0 Å². The molecule has 2 rings (SSSR count). The lowest BCUT2D eigenvalue weighted by atomic mass is 10.0. The highest BCUT2D eigenvalue weighted by molar-refractivity contribution is 6.31. The molecule has 4 heteroatoms. The van der Waals surface area contributed by atoms with E-state index in [-0.39, 0.29) is 0 Å². The summed E-state index contributed by atoms with van der Waals surface area (Å²) in [5.74, 6) is 0. The predicted octanol–water partition coefficient (Wildman–Crippen LogP) is 3.47. The van der Waals surface area contributed by atoms with E-state index >= 15 is 0 Å². The summed E-state index contributed by atoms with van der Waals surface area (Å²) in [5.41, 5.74) is 1.39. The number of aromatic nitrogens is 1. The SMILES string of the molecule is OC(c1ccc(Cl)cc1)c1ccncc1Cl. The molecule has 1 unspecified atom stereocenters. The topological polar surface area (TPSA) is 33.1 Å². The van der Waals surface area contributed by atoms with E-state index in [4.69, 9.17) is 23.2 Å². The van der Waals surface area contributed by atoms with Gasteiger partial charge in [0.2, 0.25) is 0 Å². The number of hydrogen-bond donors (Lipinski definition) is 1. The number of nitrogens with zero attached hydrogens (tertiary/aromatic N) is 1. The van der Waals surface area contributed by atoms with Crippen molar-refractivity contribution < 1.29 is 5.11 Å². The molecule has 1 atom stereocenters. The molecule has 0 radical (unpaired) electrons. The maximum atomic E-state index is 10.1. The van der Waals surface area contributed by atoms with Crippen LogP contribution in [0.1, 0.15) is 17.2 Å². The Labute approximate surface area is 103 Å². The van der Waals surface area contributed by atoms with Crippen molar-refractivity contribution in [3.8, 4) is 0 Å². The first-order valence-corrected chi connectivity index (χ1v) is 5.47. The highest BCUT2D eigenvalue weighted by Crippen LogP contribution is 2.27. The summed E-state index contributed by atoms with van der Waals surface area (Å²) < 4.78 is 0. The Bertz CT molecular complexity index is 485. The first kappa shape index (κ1) is 11.4. The molecule has 0 aliphatic carbocycles. The van der Waals surface area contributed by atoms with E-state index in [9.17, 15) is 5.11 Å². The fraction of sp³-hybridized carbons (Fsp3) is 0.0833. The van der Waals surface area contributed by atoms with E-state index in [2.05, 4.69) is 4.98 Å². The lowest BCUT2D eigenvalue weighted by molar-refractivity contribution is 0.220. The predicted molar refractivity (Wildman–Crippen MR) is 64.8 cm³/mol. The highest BCUT2D eigenvalue weighted by Gasteiger charge is 2.13. The molecule has 0 aliphatic rings. The van der Waals surface area contributed by atoms with Gasteiger partial charge in [-0.25, -0.2) is 0 Å². The molecule has 0 aliphatic heterocycles. The van der Waals surface area contributed by atoms with Crippen molar-refractivity contribution in [3.05, 3.63) is 63.9 Å². The molecule has 0 bridgehead atoms. The Hall–Kier alpha value is -1.09. The minimum Gasteiger partial charge on any atom is -0.384 e. The van der Waals surface area contributed by atoms with Crippen molar-refractivity contribution in [2.45, 2.75) is 6.10 Å². The van der Waals surface area contributed by atoms with Gasteiger partial charge in [0.15, 0.2) is 0 Å². The van der Waals surface area contributed by atoms with Gasteiger partial charge < -0.3 is 5.11 Å². The van der Waals surface area contributed by atoms with Crippen LogP contribution >= 0.6 is 23.2 Å². The van der Waals surface area contributed by atoms with Crippen LogP contribution in [-0.4, -0.2) is 10.1 Å². The van der Waals surface area contributed by atoms with Crippen molar-refractivity contribution >= 4 is 23.2 Å². The number of rotatable bonds is 2. The van der Waals surface area contributed by atoms with Crippen LogP contribution in [0.5, 0.6) is 0 Å². The summed E-state index contributed by atoms with van der Waals surface area (Å²) in [7, 11) is 0. The van der Waals surface area contributed by atoms with Crippen LogP contribution in [0, 0.1) is 0 Å². The molecule has 2 nitrogen and oxygen atoms in total. The van der Waals surface area contributed by atoms with Crippen molar-refractivity contribution in [3.63, 3.8) is 0 Å². The fourth-order valence-corrected chi connectivity index (χ4v) is 1.78. The molecule has 16 heavy (non-hydrogen) atoms. The second-order valence-electron chi connectivity index (χ2n) is 3.35. The lowest BCUT2D eigenvalue weighted by Crippen LogP contribution is -2.00. The molecule has 0 amide bonds. The minimum atomic E-state index is -0.757. The molecule has 82 valence electrons. The molecule has 0 saturated carbocycles. The van der Waals surface area contributed by atoms with Crippen LogP contribution in [0.25, 0.3) is 0 Å². The molecular formula is C12H9Cl2NO. The van der Waals surface area contributed by atoms with Gasteiger partial charge in [-0.1, -0.05) is 35.3 Å². The summed E-state index contributed by atoms with van der Waals surface area (Å²) in [6.07, 6.45) is 2.35. The number of aliphatic hydroxyl groups excluding tert-OH is 1. The van der Waals surface area contributed by atoms with Gasteiger partial charge in [0, 0.05) is 23.0 Å². The molecule has 1 N–H and O–H groups in total. The van der Waals surface area contributed by atoms with Crippen molar-refractivity contribution in [2.75, 3.05) is 0 Å². The van der Waals surface area contributed by atoms with Gasteiger partial charge in [-0.3, -0.25) is 4.98 Å². The van der Waals surface area contributed by atoms with Gasteiger partial charge in [-0.2, -0.15) is 0 Å². The van der Waals surface area contributed by atoms with Crippen LogP contribution in [0.2, 0.25) is 10.0 Å². The maximum absolute atomic E-state index is 10.1. The minimum absolute atomic E-state index is 0.449. The summed E-state index contributed by atoms with van der Waals surface area (Å²) in [4.78, 5) is 3.87. The number of pyridine rings is 1. The van der Waals surface area contributed by atoms with E-state index in [1.54, 1.807) is 36.5 Å². The smallest absolute Gasteiger partial charge is 0.106 e. The number of aliphatic hydroxyl groups is 1. The van der Waals surface area contributed by atoms with Crippen LogP contribution < -0.4 is 0 Å². The largest absolute Gasteiger partial charge is 0.384 e. The summed E-state index contributed by atoms with van der Waals surface area (Å²) in [6.45, 7) is 0. The number of hydrogen-bond acceptors (Lipinski definition) is 2. The lowest BCUT2D eigenvalue weighted by Gasteiger charge is -2.12. The average Bonchev–Trinajstić information content (AvgIpc) is 2.30. The molecular weight excluding hydrogens is 245 g/mol. The molecule has 0 spiro atoms. The Morgan fingerprint density at radius 3 is 2.38 bits per heavy atom. The number of halogens is 2. The molecule has 1 aromatic heterocycles. The van der Waals surface area contributed by atoms with E-state index in [1.807, 2.05) is 0 Å². The molecule has 2 aromatic rings. The second kappa shape index (κ2) is 4.83. The molecule has 1 aromatic carbocycles. The Morgan fingerprint density at radius 1 is 1.06 bits per heavy atom. The molecule has 1 heterocycles. The Balaban J connectivity index is 2.35.